The van der Waals surface area contributed by atoms with Gasteiger partial charge in [-0.05, 0) is 37.0 Å². The van der Waals surface area contributed by atoms with Crippen LogP contribution in [-0.2, 0) is 9.47 Å². The molecule has 0 radical (unpaired) electrons. The summed E-state index contributed by atoms with van der Waals surface area (Å²) in [6.45, 7) is 9.82. The Kier molecular flexibility index (Phi) is 5.78. The van der Waals surface area contributed by atoms with E-state index in [2.05, 4.69) is 0 Å². The van der Waals surface area contributed by atoms with Gasteiger partial charge in [0, 0.05) is 5.02 Å². The molecule has 1 aromatic rings. The molecule has 0 aliphatic carbocycles. The summed E-state index contributed by atoms with van der Waals surface area (Å²) in [5.74, 6) is -1.13. The maximum Gasteiger partial charge on any atom is 0.339 e. The van der Waals surface area contributed by atoms with Crippen molar-refractivity contribution in [2.75, 3.05) is 13.2 Å². The third-order valence-electron chi connectivity index (χ3n) is 2.65. The zero-order valence-electron chi connectivity index (χ0n) is 13.1. The molecule has 0 fully saturated rings. The lowest BCUT2D eigenvalue weighted by molar-refractivity contribution is 0.0354. The van der Waals surface area contributed by atoms with E-state index >= 15 is 0 Å². The summed E-state index contributed by atoms with van der Waals surface area (Å²) in [5, 5.41) is 0.408. The van der Waals surface area contributed by atoms with Crippen LogP contribution >= 0.6 is 11.6 Å². The van der Waals surface area contributed by atoms with E-state index in [0.29, 0.717) is 10.6 Å². The molecular formula is C16H21ClO4. The number of carbonyl (C=O) groups excluding carboxylic acids is 2. The summed E-state index contributed by atoms with van der Waals surface area (Å²) in [4.78, 5) is 24.2. The number of carbonyl (C=O) groups is 2. The standard InChI is InChI=1S/C16H21ClO4/c1-6-20-14(18)12-8-13(17)10(2)7-11(12)15(19)21-9-16(3,4)5/h7-8H,6,9H2,1-5H3. The van der Waals surface area contributed by atoms with E-state index in [9.17, 15) is 9.59 Å². The first-order valence-corrected chi connectivity index (χ1v) is 7.18. The van der Waals surface area contributed by atoms with Gasteiger partial charge >= 0.3 is 11.9 Å². The molecule has 0 unspecified atom stereocenters. The van der Waals surface area contributed by atoms with Crippen molar-refractivity contribution in [2.24, 2.45) is 5.41 Å². The van der Waals surface area contributed by atoms with Crippen LogP contribution in [0, 0.1) is 12.3 Å². The second kappa shape index (κ2) is 6.94. The Bertz CT molecular complexity index is 544. The summed E-state index contributed by atoms with van der Waals surface area (Å²) in [6, 6.07) is 3.00. The highest BCUT2D eigenvalue weighted by Crippen LogP contribution is 2.23. The Morgan fingerprint density at radius 3 is 2.14 bits per heavy atom. The van der Waals surface area contributed by atoms with Crippen LogP contribution in [0.15, 0.2) is 12.1 Å². The Hall–Kier alpha value is -1.55. The zero-order chi connectivity index (χ0) is 16.2. The summed E-state index contributed by atoms with van der Waals surface area (Å²) < 4.78 is 10.2. The normalized spacial score (nSPS) is 11.1. The average molecular weight is 313 g/mol. The molecule has 0 amide bonds. The van der Waals surface area contributed by atoms with E-state index < -0.39 is 11.9 Å². The van der Waals surface area contributed by atoms with Gasteiger partial charge in [-0.3, -0.25) is 0 Å². The van der Waals surface area contributed by atoms with Gasteiger partial charge < -0.3 is 9.47 Å². The molecule has 0 saturated carbocycles. The molecule has 0 aliphatic rings. The minimum absolute atomic E-state index is 0.131. The zero-order valence-corrected chi connectivity index (χ0v) is 13.8. The number of ether oxygens (including phenoxy) is 2. The third-order valence-corrected chi connectivity index (χ3v) is 3.06. The Labute approximate surface area is 130 Å². The van der Waals surface area contributed by atoms with Gasteiger partial charge in [-0.15, -0.1) is 0 Å². The highest BCUT2D eigenvalue weighted by molar-refractivity contribution is 6.32. The summed E-state index contributed by atoms with van der Waals surface area (Å²) in [6.07, 6.45) is 0. The number of esters is 2. The minimum atomic E-state index is -0.581. The maximum absolute atomic E-state index is 12.2. The van der Waals surface area contributed by atoms with E-state index in [1.54, 1.807) is 19.9 Å². The fourth-order valence-corrected chi connectivity index (χ4v) is 1.75. The van der Waals surface area contributed by atoms with E-state index in [-0.39, 0.29) is 29.8 Å². The monoisotopic (exact) mass is 312 g/mol. The van der Waals surface area contributed by atoms with Crippen molar-refractivity contribution in [1.29, 1.82) is 0 Å². The van der Waals surface area contributed by atoms with Gasteiger partial charge in [0.2, 0.25) is 0 Å². The highest BCUT2D eigenvalue weighted by atomic mass is 35.5. The molecule has 5 heteroatoms. The van der Waals surface area contributed by atoms with Gasteiger partial charge in [-0.25, -0.2) is 9.59 Å². The van der Waals surface area contributed by atoms with Crippen molar-refractivity contribution in [3.05, 3.63) is 33.8 Å². The molecule has 0 N–H and O–H groups in total. The average Bonchev–Trinajstić information content (AvgIpc) is 2.38. The second-order valence-corrected chi connectivity index (χ2v) is 6.41. The first-order chi connectivity index (χ1) is 9.65. The maximum atomic E-state index is 12.2. The van der Waals surface area contributed by atoms with Gasteiger partial charge in [0.05, 0.1) is 24.3 Å². The number of benzene rings is 1. The van der Waals surface area contributed by atoms with Gasteiger partial charge in [0.15, 0.2) is 0 Å². The van der Waals surface area contributed by atoms with Gasteiger partial charge in [-0.1, -0.05) is 32.4 Å². The summed E-state index contributed by atoms with van der Waals surface area (Å²) in [5.41, 5.74) is 0.861. The van der Waals surface area contributed by atoms with Crippen LogP contribution in [0.4, 0.5) is 0 Å². The van der Waals surface area contributed by atoms with Crippen molar-refractivity contribution in [3.63, 3.8) is 0 Å². The Morgan fingerprint density at radius 1 is 1.10 bits per heavy atom. The van der Waals surface area contributed by atoms with Crippen LogP contribution in [0.1, 0.15) is 54.0 Å². The van der Waals surface area contributed by atoms with E-state index in [4.69, 9.17) is 21.1 Å². The second-order valence-electron chi connectivity index (χ2n) is 6.00. The lowest BCUT2D eigenvalue weighted by Crippen LogP contribution is -2.20. The smallest absolute Gasteiger partial charge is 0.339 e. The lowest BCUT2D eigenvalue weighted by Gasteiger charge is -2.18. The number of aryl methyl sites for hydroxylation is 1. The topological polar surface area (TPSA) is 52.6 Å². The number of hydrogen-bond acceptors (Lipinski definition) is 4. The fraction of sp³-hybridized carbons (Fsp3) is 0.500. The Balaban J connectivity index is 3.11. The largest absolute Gasteiger partial charge is 0.462 e. The molecule has 0 aliphatic heterocycles. The summed E-state index contributed by atoms with van der Waals surface area (Å²) in [7, 11) is 0. The van der Waals surface area contributed by atoms with Crippen LogP contribution in [0.25, 0.3) is 0 Å². The van der Waals surface area contributed by atoms with Gasteiger partial charge in [0.1, 0.15) is 0 Å². The van der Waals surface area contributed by atoms with Crippen LogP contribution in [0.5, 0.6) is 0 Å². The van der Waals surface area contributed by atoms with E-state index in [1.807, 2.05) is 20.8 Å². The van der Waals surface area contributed by atoms with Crippen molar-refractivity contribution in [2.45, 2.75) is 34.6 Å². The van der Waals surface area contributed by atoms with Crippen LogP contribution in [0.2, 0.25) is 5.02 Å². The molecule has 116 valence electrons. The van der Waals surface area contributed by atoms with Gasteiger partial charge in [-0.2, -0.15) is 0 Å². The first-order valence-electron chi connectivity index (χ1n) is 6.80. The molecule has 0 saturated heterocycles. The molecule has 0 bridgehead atoms. The van der Waals surface area contributed by atoms with Gasteiger partial charge in [0.25, 0.3) is 0 Å². The van der Waals surface area contributed by atoms with E-state index in [1.165, 1.54) is 6.07 Å². The molecule has 1 rings (SSSR count). The predicted molar refractivity (Wildman–Crippen MR) is 81.9 cm³/mol. The fourth-order valence-electron chi connectivity index (χ4n) is 1.59. The Morgan fingerprint density at radius 2 is 1.62 bits per heavy atom. The van der Waals surface area contributed by atoms with Crippen molar-refractivity contribution >= 4 is 23.5 Å². The van der Waals surface area contributed by atoms with Crippen molar-refractivity contribution < 1.29 is 19.1 Å². The van der Waals surface area contributed by atoms with Crippen LogP contribution in [-0.4, -0.2) is 25.2 Å². The molecule has 0 atom stereocenters. The SMILES string of the molecule is CCOC(=O)c1cc(Cl)c(C)cc1C(=O)OCC(C)(C)C. The van der Waals surface area contributed by atoms with E-state index in [0.717, 1.165) is 0 Å². The predicted octanol–water partition coefficient (Wildman–Crippen LogP) is 4.03. The summed E-state index contributed by atoms with van der Waals surface area (Å²) >= 11 is 6.02. The minimum Gasteiger partial charge on any atom is -0.462 e. The van der Waals surface area contributed by atoms with Crippen molar-refractivity contribution in [3.8, 4) is 0 Å². The highest BCUT2D eigenvalue weighted by Gasteiger charge is 2.22. The quantitative estimate of drug-likeness (QED) is 0.788. The molecule has 0 spiro atoms. The molecule has 1 aromatic carbocycles. The molecular weight excluding hydrogens is 292 g/mol. The number of halogens is 1. The van der Waals surface area contributed by atoms with Crippen molar-refractivity contribution in [1.82, 2.24) is 0 Å². The lowest BCUT2D eigenvalue weighted by atomic mass is 9.98. The first kappa shape index (κ1) is 17.5. The molecule has 0 heterocycles. The number of rotatable bonds is 4. The van der Waals surface area contributed by atoms with Crippen LogP contribution in [0.3, 0.4) is 0 Å². The molecule has 4 nitrogen and oxygen atoms in total. The number of hydrogen-bond donors (Lipinski definition) is 0. The van der Waals surface area contributed by atoms with Crippen LogP contribution < -0.4 is 0 Å². The molecule has 21 heavy (non-hydrogen) atoms. The molecule has 0 aromatic heterocycles. The third kappa shape index (κ3) is 5.05.